The van der Waals surface area contributed by atoms with Crippen LogP contribution in [0.25, 0.3) is 0 Å². The number of nitrogens with one attached hydrogen (secondary N) is 1. The molecule has 8 heteroatoms. The summed E-state index contributed by atoms with van der Waals surface area (Å²) in [6.45, 7) is 1.54. The standard InChI is InChI=1S/C12H16BrFN2O3S/c13-9-5-10(14)12(6-11(9)15)20(17,18)16-7-8-1-3-19-4-2-8/h5-6,8,16H,1-4,7,15H2. The Bertz CT molecular complexity index is 589. The molecule has 1 aromatic rings. The van der Waals surface area contributed by atoms with Gasteiger partial charge in [-0.1, -0.05) is 0 Å². The molecule has 0 amide bonds. The number of hydrogen-bond donors (Lipinski definition) is 2. The van der Waals surface area contributed by atoms with Crippen LogP contribution in [0.15, 0.2) is 21.5 Å². The minimum atomic E-state index is -3.90. The maximum Gasteiger partial charge on any atom is 0.243 e. The largest absolute Gasteiger partial charge is 0.398 e. The molecule has 0 atom stereocenters. The van der Waals surface area contributed by atoms with E-state index in [-0.39, 0.29) is 18.2 Å². The van der Waals surface area contributed by atoms with Gasteiger partial charge in [-0.05, 0) is 46.8 Å². The Morgan fingerprint density at radius 2 is 2.05 bits per heavy atom. The first-order valence-corrected chi connectivity index (χ1v) is 8.49. The van der Waals surface area contributed by atoms with Crippen molar-refractivity contribution in [3.8, 4) is 0 Å². The Balaban J connectivity index is 2.11. The van der Waals surface area contributed by atoms with Gasteiger partial charge in [-0.25, -0.2) is 17.5 Å². The first kappa shape index (κ1) is 15.7. The molecule has 0 aliphatic carbocycles. The highest BCUT2D eigenvalue weighted by molar-refractivity contribution is 9.10. The van der Waals surface area contributed by atoms with Crippen molar-refractivity contribution in [2.75, 3.05) is 25.5 Å². The third-order valence-electron chi connectivity index (χ3n) is 3.24. The lowest BCUT2D eigenvalue weighted by atomic mass is 10.0. The quantitative estimate of drug-likeness (QED) is 0.797. The number of halogens is 2. The van der Waals surface area contributed by atoms with E-state index >= 15 is 0 Å². The van der Waals surface area contributed by atoms with Crippen molar-refractivity contribution in [3.05, 3.63) is 22.4 Å². The number of benzene rings is 1. The monoisotopic (exact) mass is 366 g/mol. The summed E-state index contributed by atoms with van der Waals surface area (Å²) < 4.78 is 46.0. The molecule has 1 fully saturated rings. The average Bonchev–Trinajstić information content (AvgIpc) is 2.42. The van der Waals surface area contributed by atoms with E-state index in [2.05, 4.69) is 20.7 Å². The van der Waals surface area contributed by atoms with Gasteiger partial charge < -0.3 is 10.5 Å². The maximum absolute atomic E-state index is 13.8. The summed E-state index contributed by atoms with van der Waals surface area (Å²) in [5, 5.41) is 0. The summed E-state index contributed by atoms with van der Waals surface area (Å²) in [7, 11) is -3.90. The zero-order valence-corrected chi connectivity index (χ0v) is 13.1. The van der Waals surface area contributed by atoms with Gasteiger partial charge in [0.2, 0.25) is 10.0 Å². The van der Waals surface area contributed by atoms with E-state index in [1.807, 2.05) is 0 Å². The van der Waals surface area contributed by atoms with E-state index in [0.29, 0.717) is 17.7 Å². The highest BCUT2D eigenvalue weighted by atomic mass is 79.9. The van der Waals surface area contributed by atoms with Crippen LogP contribution in [0.3, 0.4) is 0 Å². The van der Waals surface area contributed by atoms with Crippen molar-refractivity contribution in [1.29, 1.82) is 0 Å². The molecule has 0 unspecified atom stereocenters. The highest BCUT2D eigenvalue weighted by Crippen LogP contribution is 2.26. The van der Waals surface area contributed by atoms with E-state index in [0.717, 1.165) is 25.0 Å². The van der Waals surface area contributed by atoms with Gasteiger partial charge in [0.1, 0.15) is 10.7 Å². The highest BCUT2D eigenvalue weighted by Gasteiger charge is 2.23. The summed E-state index contributed by atoms with van der Waals surface area (Å²) in [6.07, 6.45) is 1.60. The molecule has 0 spiro atoms. The third-order valence-corrected chi connectivity index (χ3v) is 5.37. The van der Waals surface area contributed by atoms with Crippen molar-refractivity contribution in [2.45, 2.75) is 17.7 Å². The van der Waals surface area contributed by atoms with E-state index in [1.165, 1.54) is 0 Å². The number of rotatable bonds is 4. The molecule has 1 heterocycles. The molecule has 0 saturated carbocycles. The van der Waals surface area contributed by atoms with Crippen LogP contribution in [-0.4, -0.2) is 28.2 Å². The second-order valence-corrected chi connectivity index (χ2v) is 7.30. The average molecular weight is 367 g/mol. The summed E-state index contributed by atoms with van der Waals surface area (Å²) in [6, 6.07) is 2.17. The molecule has 0 aromatic heterocycles. The Kier molecular flexibility index (Phi) is 5.00. The Morgan fingerprint density at radius 1 is 1.40 bits per heavy atom. The van der Waals surface area contributed by atoms with Crippen molar-refractivity contribution in [2.24, 2.45) is 5.92 Å². The normalized spacial score (nSPS) is 17.3. The molecule has 2 rings (SSSR count). The Labute approximate surface area is 125 Å². The summed E-state index contributed by atoms with van der Waals surface area (Å²) in [4.78, 5) is -0.426. The fraction of sp³-hybridized carbons (Fsp3) is 0.500. The van der Waals surface area contributed by atoms with Gasteiger partial charge in [0.05, 0.1) is 0 Å². The first-order valence-electron chi connectivity index (χ1n) is 6.22. The fourth-order valence-electron chi connectivity index (χ4n) is 2.01. The number of nitrogen functional groups attached to an aromatic ring is 1. The van der Waals surface area contributed by atoms with Crippen LogP contribution in [0.1, 0.15) is 12.8 Å². The van der Waals surface area contributed by atoms with Gasteiger partial charge in [-0.15, -0.1) is 0 Å². The molecular weight excluding hydrogens is 351 g/mol. The lowest BCUT2D eigenvalue weighted by molar-refractivity contribution is 0.0678. The second kappa shape index (κ2) is 6.38. The Morgan fingerprint density at radius 3 is 2.70 bits per heavy atom. The number of anilines is 1. The maximum atomic E-state index is 13.8. The molecule has 5 nitrogen and oxygen atoms in total. The molecule has 0 bridgehead atoms. The van der Waals surface area contributed by atoms with Gasteiger partial charge in [0, 0.05) is 29.9 Å². The SMILES string of the molecule is Nc1cc(S(=O)(=O)NCC2CCOCC2)c(F)cc1Br. The van der Waals surface area contributed by atoms with Crippen molar-refractivity contribution >= 4 is 31.6 Å². The lowest BCUT2D eigenvalue weighted by Crippen LogP contribution is -2.32. The van der Waals surface area contributed by atoms with Crippen LogP contribution in [-0.2, 0) is 14.8 Å². The van der Waals surface area contributed by atoms with Crippen LogP contribution in [0.5, 0.6) is 0 Å². The lowest BCUT2D eigenvalue weighted by Gasteiger charge is -2.22. The van der Waals surface area contributed by atoms with E-state index in [1.54, 1.807) is 0 Å². The topological polar surface area (TPSA) is 81.4 Å². The fourth-order valence-corrected chi connectivity index (χ4v) is 3.53. The molecule has 20 heavy (non-hydrogen) atoms. The van der Waals surface area contributed by atoms with Crippen LogP contribution in [0.4, 0.5) is 10.1 Å². The molecule has 3 N–H and O–H groups in total. The van der Waals surface area contributed by atoms with Crippen LogP contribution < -0.4 is 10.5 Å². The Hall–Kier alpha value is -0.700. The van der Waals surface area contributed by atoms with E-state index in [9.17, 15) is 12.8 Å². The molecule has 1 aliphatic rings. The summed E-state index contributed by atoms with van der Waals surface area (Å²) >= 11 is 3.05. The van der Waals surface area contributed by atoms with Crippen molar-refractivity contribution in [1.82, 2.24) is 4.72 Å². The van der Waals surface area contributed by atoms with E-state index < -0.39 is 20.7 Å². The molecule has 1 aliphatic heterocycles. The van der Waals surface area contributed by atoms with Crippen molar-refractivity contribution in [3.63, 3.8) is 0 Å². The zero-order valence-electron chi connectivity index (χ0n) is 10.7. The minimum absolute atomic E-state index is 0.179. The molecule has 1 aromatic carbocycles. The van der Waals surface area contributed by atoms with E-state index in [4.69, 9.17) is 10.5 Å². The van der Waals surface area contributed by atoms with Crippen LogP contribution >= 0.6 is 15.9 Å². The smallest absolute Gasteiger partial charge is 0.243 e. The number of hydrogen-bond acceptors (Lipinski definition) is 4. The number of sulfonamides is 1. The minimum Gasteiger partial charge on any atom is -0.398 e. The second-order valence-electron chi connectivity index (χ2n) is 4.71. The molecule has 0 radical (unpaired) electrons. The molecular formula is C12H16BrFN2O3S. The van der Waals surface area contributed by atoms with Gasteiger partial charge in [0.25, 0.3) is 0 Å². The summed E-state index contributed by atoms with van der Waals surface area (Å²) in [5.74, 6) is -0.611. The van der Waals surface area contributed by atoms with Crippen LogP contribution in [0.2, 0.25) is 0 Å². The van der Waals surface area contributed by atoms with Crippen molar-refractivity contribution < 1.29 is 17.5 Å². The number of nitrogens with two attached hydrogens (primary N) is 1. The molecule has 112 valence electrons. The van der Waals surface area contributed by atoms with Crippen LogP contribution in [0, 0.1) is 11.7 Å². The van der Waals surface area contributed by atoms with Gasteiger partial charge in [-0.2, -0.15) is 0 Å². The predicted molar refractivity (Wildman–Crippen MR) is 77.2 cm³/mol. The van der Waals surface area contributed by atoms with Gasteiger partial charge >= 0.3 is 0 Å². The zero-order chi connectivity index (χ0) is 14.8. The first-order chi connectivity index (χ1) is 9.40. The third kappa shape index (κ3) is 3.69. The number of ether oxygens (including phenoxy) is 1. The molecule has 1 saturated heterocycles. The van der Waals surface area contributed by atoms with Gasteiger partial charge in [0.15, 0.2) is 0 Å². The van der Waals surface area contributed by atoms with Gasteiger partial charge in [-0.3, -0.25) is 0 Å². The summed E-state index contributed by atoms with van der Waals surface area (Å²) in [5.41, 5.74) is 5.78. The predicted octanol–water partition coefficient (Wildman–Crippen LogP) is 1.88.